The van der Waals surface area contributed by atoms with Crippen molar-refractivity contribution in [3.63, 3.8) is 0 Å². The van der Waals surface area contributed by atoms with Crippen LogP contribution < -0.4 is 10.6 Å². The zero-order valence-corrected chi connectivity index (χ0v) is 16.7. The fraction of sp³-hybridized carbons (Fsp3) is 0.875. The van der Waals surface area contributed by atoms with Gasteiger partial charge in [-0.15, -0.1) is 24.0 Å². The van der Waals surface area contributed by atoms with Gasteiger partial charge in [-0.3, -0.25) is 4.79 Å². The van der Waals surface area contributed by atoms with E-state index in [1.165, 1.54) is 32.1 Å². The van der Waals surface area contributed by atoms with E-state index in [0.29, 0.717) is 0 Å². The summed E-state index contributed by atoms with van der Waals surface area (Å²) in [6, 6.07) is 0. The molecule has 0 aromatic carbocycles. The lowest BCUT2D eigenvalue weighted by Gasteiger charge is -2.23. The fourth-order valence-corrected chi connectivity index (χ4v) is 2.48. The third-order valence-electron chi connectivity index (χ3n) is 3.98. The number of hydrogen-bond acceptors (Lipinski definition) is 2. The predicted octanol–water partition coefficient (Wildman–Crippen LogP) is 2.61. The minimum Gasteiger partial charge on any atom is -0.356 e. The Labute approximate surface area is 152 Å². The number of halogens is 1. The van der Waals surface area contributed by atoms with Crippen LogP contribution in [-0.4, -0.2) is 50.5 Å². The maximum absolute atomic E-state index is 11.6. The summed E-state index contributed by atoms with van der Waals surface area (Å²) in [5, 5.41) is 6.73. The van der Waals surface area contributed by atoms with Crippen molar-refractivity contribution in [2.75, 3.05) is 33.7 Å². The summed E-state index contributed by atoms with van der Waals surface area (Å²) in [6.45, 7) is 4.25. The highest BCUT2D eigenvalue weighted by atomic mass is 127. The van der Waals surface area contributed by atoms with E-state index in [0.717, 1.165) is 37.8 Å². The molecule has 22 heavy (non-hydrogen) atoms. The molecule has 0 aromatic rings. The van der Waals surface area contributed by atoms with Gasteiger partial charge in [0.2, 0.25) is 5.91 Å². The summed E-state index contributed by atoms with van der Waals surface area (Å²) in [7, 11) is 3.52. The van der Waals surface area contributed by atoms with Crippen LogP contribution in [0.25, 0.3) is 0 Å². The molecule has 1 aliphatic carbocycles. The van der Waals surface area contributed by atoms with E-state index in [-0.39, 0.29) is 36.4 Å². The maximum atomic E-state index is 11.6. The largest absolute Gasteiger partial charge is 0.356 e. The van der Waals surface area contributed by atoms with Crippen LogP contribution in [0.5, 0.6) is 0 Å². The molecule has 0 saturated heterocycles. The summed E-state index contributed by atoms with van der Waals surface area (Å²) in [4.78, 5) is 17.6. The average molecular weight is 424 g/mol. The first-order chi connectivity index (χ1) is 10.1. The molecule has 1 aliphatic rings. The molecule has 0 heterocycles. The summed E-state index contributed by atoms with van der Waals surface area (Å²) >= 11 is 0. The van der Waals surface area contributed by atoms with Crippen LogP contribution in [0, 0.1) is 5.92 Å². The Morgan fingerprint density at radius 3 is 2.45 bits per heavy atom. The van der Waals surface area contributed by atoms with E-state index in [1.807, 2.05) is 0 Å². The van der Waals surface area contributed by atoms with Crippen LogP contribution in [-0.2, 0) is 4.79 Å². The van der Waals surface area contributed by atoms with Gasteiger partial charge in [-0.1, -0.05) is 32.6 Å². The summed E-state index contributed by atoms with van der Waals surface area (Å²) in [6.07, 6.45) is 8.97. The molecule has 0 aliphatic heterocycles. The number of amides is 1. The fourth-order valence-electron chi connectivity index (χ4n) is 2.48. The number of unbranched alkanes of at least 4 members (excludes halogenated alkanes) is 1. The molecule has 0 spiro atoms. The maximum Gasteiger partial charge on any atom is 0.243 e. The Bertz CT molecular complexity index is 328. The van der Waals surface area contributed by atoms with E-state index >= 15 is 0 Å². The van der Waals surface area contributed by atoms with Gasteiger partial charge in [-0.25, -0.2) is 4.99 Å². The molecule has 1 amide bonds. The Kier molecular flexibility index (Phi) is 12.6. The number of hydrogen-bond donors (Lipinski definition) is 2. The van der Waals surface area contributed by atoms with Gasteiger partial charge in [-0.05, 0) is 25.2 Å². The molecule has 130 valence electrons. The van der Waals surface area contributed by atoms with Crippen molar-refractivity contribution >= 4 is 35.8 Å². The molecule has 0 atom stereocenters. The summed E-state index contributed by atoms with van der Waals surface area (Å²) in [5.41, 5.74) is 0. The lowest BCUT2D eigenvalue weighted by Crippen LogP contribution is -2.41. The Morgan fingerprint density at radius 2 is 1.86 bits per heavy atom. The third-order valence-corrected chi connectivity index (χ3v) is 3.98. The smallest absolute Gasteiger partial charge is 0.243 e. The molecule has 2 N–H and O–H groups in total. The van der Waals surface area contributed by atoms with Crippen molar-refractivity contribution in [2.45, 2.75) is 51.9 Å². The van der Waals surface area contributed by atoms with Gasteiger partial charge in [-0.2, -0.15) is 0 Å². The molecule has 1 fully saturated rings. The molecule has 0 radical (unpaired) electrons. The molecular formula is C16H33IN4O. The van der Waals surface area contributed by atoms with Crippen molar-refractivity contribution in [1.82, 2.24) is 15.5 Å². The van der Waals surface area contributed by atoms with E-state index in [9.17, 15) is 4.79 Å². The molecule has 0 bridgehead atoms. The molecule has 0 unspecified atom stereocenters. The standard InChI is InChI=1S/C16H32N4O.HI/c1-4-5-11-17-16(19-13-15(21)20(2)3)18-12-14-9-7-6-8-10-14;/h14H,4-13H2,1-3H3,(H2,17,18,19);1H. The first-order valence-corrected chi connectivity index (χ1v) is 8.35. The number of aliphatic imine (C=N–C) groups is 1. The van der Waals surface area contributed by atoms with Crippen LogP contribution in [0.2, 0.25) is 0 Å². The zero-order valence-electron chi connectivity index (χ0n) is 14.4. The van der Waals surface area contributed by atoms with E-state index in [2.05, 4.69) is 22.5 Å². The number of rotatable bonds is 7. The zero-order chi connectivity index (χ0) is 15.5. The highest BCUT2D eigenvalue weighted by Gasteiger charge is 2.13. The molecule has 0 aromatic heterocycles. The van der Waals surface area contributed by atoms with Crippen LogP contribution in [0.15, 0.2) is 4.99 Å². The number of carbonyl (C=O) groups is 1. The van der Waals surface area contributed by atoms with E-state index in [4.69, 9.17) is 0 Å². The van der Waals surface area contributed by atoms with Crippen LogP contribution in [0.4, 0.5) is 0 Å². The molecule has 1 rings (SSSR count). The second kappa shape index (κ2) is 13.0. The van der Waals surface area contributed by atoms with Gasteiger partial charge < -0.3 is 15.5 Å². The van der Waals surface area contributed by atoms with Crippen molar-refractivity contribution in [1.29, 1.82) is 0 Å². The number of guanidine groups is 1. The highest BCUT2D eigenvalue weighted by molar-refractivity contribution is 14.0. The van der Waals surface area contributed by atoms with Crippen LogP contribution in [0.3, 0.4) is 0 Å². The van der Waals surface area contributed by atoms with E-state index < -0.39 is 0 Å². The first kappa shape index (κ1) is 21.5. The van der Waals surface area contributed by atoms with Crippen molar-refractivity contribution in [3.05, 3.63) is 0 Å². The number of likely N-dealkylation sites (N-methyl/N-ethyl adjacent to an activating group) is 1. The monoisotopic (exact) mass is 424 g/mol. The quantitative estimate of drug-likeness (QED) is 0.286. The number of nitrogens with zero attached hydrogens (tertiary/aromatic N) is 2. The molecule has 1 saturated carbocycles. The van der Waals surface area contributed by atoms with E-state index in [1.54, 1.807) is 19.0 Å². The Balaban J connectivity index is 0.00000441. The van der Waals surface area contributed by atoms with Gasteiger partial charge >= 0.3 is 0 Å². The minimum absolute atomic E-state index is 0. The van der Waals surface area contributed by atoms with Crippen LogP contribution >= 0.6 is 24.0 Å². The van der Waals surface area contributed by atoms with Gasteiger partial charge in [0.15, 0.2) is 5.96 Å². The van der Waals surface area contributed by atoms with Gasteiger partial charge in [0.05, 0.1) is 0 Å². The van der Waals surface area contributed by atoms with Gasteiger partial charge in [0, 0.05) is 27.2 Å². The SMILES string of the molecule is CCCCNC(=NCC(=O)N(C)C)NCC1CCCCC1.I. The normalized spacial score (nSPS) is 15.9. The average Bonchev–Trinajstić information content (AvgIpc) is 2.50. The summed E-state index contributed by atoms with van der Waals surface area (Å²) < 4.78 is 0. The molecular weight excluding hydrogens is 391 g/mol. The predicted molar refractivity (Wildman–Crippen MR) is 104 cm³/mol. The second-order valence-electron chi connectivity index (χ2n) is 6.12. The topological polar surface area (TPSA) is 56.7 Å². The molecule has 5 nitrogen and oxygen atoms in total. The third kappa shape index (κ3) is 9.48. The Morgan fingerprint density at radius 1 is 1.18 bits per heavy atom. The first-order valence-electron chi connectivity index (χ1n) is 8.35. The lowest BCUT2D eigenvalue weighted by atomic mass is 9.89. The van der Waals surface area contributed by atoms with Crippen molar-refractivity contribution in [3.8, 4) is 0 Å². The number of nitrogens with one attached hydrogen (secondary N) is 2. The summed E-state index contributed by atoms with van der Waals surface area (Å²) in [5.74, 6) is 1.56. The van der Waals surface area contributed by atoms with Crippen LogP contribution in [0.1, 0.15) is 51.9 Å². The lowest BCUT2D eigenvalue weighted by molar-refractivity contribution is -0.127. The number of carbonyl (C=O) groups excluding carboxylic acids is 1. The highest BCUT2D eigenvalue weighted by Crippen LogP contribution is 2.22. The van der Waals surface area contributed by atoms with Crippen molar-refractivity contribution < 1.29 is 4.79 Å². The minimum atomic E-state index is 0. The molecule has 6 heteroatoms. The van der Waals surface area contributed by atoms with Crippen molar-refractivity contribution in [2.24, 2.45) is 10.9 Å². The second-order valence-corrected chi connectivity index (χ2v) is 6.12. The Hall–Kier alpha value is -0.530. The van der Waals surface area contributed by atoms with Gasteiger partial charge in [0.25, 0.3) is 0 Å². The van der Waals surface area contributed by atoms with Gasteiger partial charge in [0.1, 0.15) is 6.54 Å².